The molecule has 1 aromatic carbocycles. The van der Waals surface area contributed by atoms with E-state index in [-0.39, 0.29) is 6.61 Å². The highest BCUT2D eigenvalue weighted by molar-refractivity contribution is 5.49. The van der Waals surface area contributed by atoms with Gasteiger partial charge in [0.2, 0.25) is 0 Å². The first-order valence-corrected chi connectivity index (χ1v) is 6.94. The van der Waals surface area contributed by atoms with Crippen molar-refractivity contribution in [1.82, 2.24) is 4.90 Å². The van der Waals surface area contributed by atoms with Crippen molar-refractivity contribution in [3.05, 3.63) is 28.3 Å². The third kappa shape index (κ3) is 4.22. The van der Waals surface area contributed by atoms with E-state index in [1.165, 1.54) is 22.3 Å². The molecule has 0 aliphatic rings. The lowest BCUT2D eigenvalue weighted by Gasteiger charge is -2.22. The zero-order valence-corrected chi connectivity index (χ0v) is 12.9. The second-order valence-electron chi connectivity index (χ2n) is 5.32. The van der Waals surface area contributed by atoms with Crippen LogP contribution in [-0.2, 0) is 6.54 Å². The average Bonchev–Trinajstić information content (AvgIpc) is 2.36. The van der Waals surface area contributed by atoms with Crippen LogP contribution in [-0.4, -0.2) is 37.3 Å². The highest BCUT2D eigenvalue weighted by atomic mass is 16.5. The van der Waals surface area contributed by atoms with Crippen molar-refractivity contribution in [3.63, 3.8) is 0 Å². The first-order valence-electron chi connectivity index (χ1n) is 6.94. The van der Waals surface area contributed by atoms with Gasteiger partial charge in [-0.3, -0.25) is 0 Å². The number of ether oxygens (including phenoxy) is 1. The van der Waals surface area contributed by atoms with Gasteiger partial charge >= 0.3 is 0 Å². The second-order valence-corrected chi connectivity index (χ2v) is 5.32. The topological polar surface area (TPSA) is 32.7 Å². The Bertz CT molecular complexity index is 416. The molecule has 108 valence electrons. The number of methoxy groups -OCH3 is 1. The predicted molar refractivity (Wildman–Crippen MR) is 79.9 cm³/mol. The van der Waals surface area contributed by atoms with E-state index in [0.717, 1.165) is 31.7 Å². The van der Waals surface area contributed by atoms with Crippen molar-refractivity contribution < 1.29 is 9.84 Å². The maximum absolute atomic E-state index is 8.82. The molecule has 1 N–H and O–H groups in total. The lowest BCUT2D eigenvalue weighted by molar-refractivity contribution is 0.259. The number of hydrogen-bond acceptors (Lipinski definition) is 3. The Morgan fingerprint density at radius 1 is 1.16 bits per heavy atom. The molecule has 0 saturated carbocycles. The van der Waals surface area contributed by atoms with E-state index in [2.05, 4.69) is 38.8 Å². The lowest BCUT2D eigenvalue weighted by atomic mass is 9.98. The molecule has 3 heteroatoms. The van der Waals surface area contributed by atoms with Crippen LogP contribution in [0.3, 0.4) is 0 Å². The highest BCUT2D eigenvalue weighted by Crippen LogP contribution is 2.30. The van der Waals surface area contributed by atoms with Crippen molar-refractivity contribution >= 4 is 0 Å². The van der Waals surface area contributed by atoms with Crippen molar-refractivity contribution in [1.29, 1.82) is 0 Å². The van der Waals surface area contributed by atoms with Crippen LogP contribution in [0.4, 0.5) is 0 Å². The Hall–Kier alpha value is -1.06. The molecular formula is C16H27NO2. The Balaban J connectivity index is 2.85. The quantitative estimate of drug-likeness (QED) is 0.770. The summed E-state index contributed by atoms with van der Waals surface area (Å²) in [7, 11) is 3.86. The number of hydrogen-bond donors (Lipinski definition) is 1. The van der Waals surface area contributed by atoms with Gasteiger partial charge in [-0.2, -0.15) is 0 Å². The summed E-state index contributed by atoms with van der Waals surface area (Å²) < 4.78 is 5.60. The molecule has 0 aliphatic carbocycles. The summed E-state index contributed by atoms with van der Waals surface area (Å²) in [5, 5.41) is 8.82. The van der Waals surface area contributed by atoms with Crippen molar-refractivity contribution in [3.8, 4) is 5.75 Å². The summed E-state index contributed by atoms with van der Waals surface area (Å²) in [5.74, 6) is 1.02. The van der Waals surface area contributed by atoms with Gasteiger partial charge < -0.3 is 14.7 Å². The minimum atomic E-state index is 0.278. The summed E-state index contributed by atoms with van der Waals surface area (Å²) in [5.41, 5.74) is 5.07. The van der Waals surface area contributed by atoms with Crippen molar-refractivity contribution in [2.45, 2.75) is 40.2 Å². The molecule has 0 saturated heterocycles. The average molecular weight is 265 g/mol. The van der Waals surface area contributed by atoms with Crippen molar-refractivity contribution in [2.24, 2.45) is 0 Å². The molecule has 0 amide bonds. The number of nitrogens with zero attached hydrogens (tertiary/aromatic N) is 1. The number of rotatable bonds is 7. The predicted octanol–water partition coefficient (Wildman–Crippen LogP) is 2.82. The molecule has 1 aromatic rings. The molecule has 0 heterocycles. The minimum absolute atomic E-state index is 0.278. The summed E-state index contributed by atoms with van der Waals surface area (Å²) in [6.45, 7) is 8.55. The van der Waals surface area contributed by atoms with Crippen molar-refractivity contribution in [2.75, 3.05) is 27.3 Å². The molecule has 3 nitrogen and oxygen atoms in total. The molecule has 19 heavy (non-hydrogen) atoms. The first kappa shape index (κ1) is 16.0. The SMILES string of the molecule is COc1c(C)c(C)cc(C)c1CN(C)CCCCO. The molecule has 0 atom stereocenters. The zero-order valence-electron chi connectivity index (χ0n) is 12.9. The van der Waals surface area contributed by atoms with E-state index in [0.29, 0.717) is 0 Å². The van der Waals surface area contributed by atoms with E-state index < -0.39 is 0 Å². The van der Waals surface area contributed by atoms with Crippen LogP contribution in [0.2, 0.25) is 0 Å². The summed E-state index contributed by atoms with van der Waals surface area (Å²) in [6, 6.07) is 2.23. The van der Waals surface area contributed by atoms with Gasteiger partial charge in [0.1, 0.15) is 5.75 Å². The Morgan fingerprint density at radius 2 is 1.84 bits per heavy atom. The molecule has 0 radical (unpaired) electrons. The molecule has 0 unspecified atom stereocenters. The number of aliphatic hydroxyl groups excluding tert-OH is 1. The Kier molecular flexibility index (Phi) is 6.32. The fourth-order valence-electron chi connectivity index (χ4n) is 2.42. The molecular weight excluding hydrogens is 238 g/mol. The number of benzene rings is 1. The first-order chi connectivity index (χ1) is 9.01. The maximum Gasteiger partial charge on any atom is 0.126 e. The van der Waals surface area contributed by atoms with E-state index in [1.54, 1.807) is 7.11 Å². The molecule has 0 spiro atoms. The Morgan fingerprint density at radius 3 is 2.42 bits per heavy atom. The van der Waals surface area contributed by atoms with Gasteiger partial charge in [0.05, 0.1) is 7.11 Å². The van der Waals surface area contributed by atoms with Gasteiger partial charge in [0.15, 0.2) is 0 Å². The normalized spacial score (nSPS) is 11.1. The summed E-state index contributed by atoms with van der Waals surface area (Å²) in [4.78, 5) is 2.29. The maximum atomic E-state index is 8.82. The fraction of sp³-hybridized carbons (Fsp3) is 0.625. The van der Waals surface area contributed by atoms with Crippen LogP contribution in [0.1, 0.15) is 35.1 Å². The number of aliphatic hydroxyl groups is 1. The Labute approximate surface area is 117 Å². The van der Waals surface area contributed by atoms with E-state index in [1.807, 2.05) is 0 Å². The summed E-state index contributed by atoms with van der Waals surface area (Å²) in [6.07, 6.45) is 1.90. The van der Waals surface area contributed by atoms with Crippen LogP contribution in [0.15, 0.2) is 6.07 Å². The van der Waals surface area contributed by atoms with Gasteiger partial charge in [-0.15, -0.1) is 0 Å². The third-order valence-electron chi connectivity index (χ3n) is 3.70. The number of aryl methyl sites for hydroxylation is 2. The van der Waals surface area contributed by atoms with Crippen LogP contribution < -0.4 is 4.74 Å². The molecule has 0 fully saturated rings. The minimum Gasteiger partial charge on any atom is -0.496 e. The fourth-order valence-corrected chi connectivity index (χ4v) is 2.42. The van der Waals surface area contributed by atoms with Crippen LogP contribution in [0.5, 0.6) is 5.75 Å². The van der Waals surface area contributed by atoms with Gasteiger partial charge in [0, 0.05) is 18.7 Å². The van der Waals surface area contributed by atoms with E-state index in [4.69, 9.17) is 9.84 Å². The van der Waals surface area contributed by atoms with E-state index in [9.17, 15) is 0 Å². The highest BCUT2D eigenvalue weighted by Gasteiger charge is 2.13. The van der Waals surface area contributed by atoms with Gasteiger partial charge in [-0.25, -0.2) is 0 Å². The molecule has 0 aromatic heterocycles. The van der Waals surface area contributed by atoms with Gasteiger partial charge in [0.25, 0.3) is 0 Å². The lowest BCUT2D eigenvalue weighted by Crippen LogP contribution is -2.20. The monoisotopic (exact) mass is 265 g/mol. The summed E-state index contributed by atoms with van der Waals surface area (Å²) >= 11 is 0. The van der Waals surface area contributed by atoms with Gasteiger partial charge in [-0.1, -0.05) is 6.07 Å². The van der Waals surface area contributed by atoms with Crippen LogP contribution in [0, 0.1) is 20.8 Å². The standard InChI is InChI=1S/C16H27NO2/c1-12-10-13(2)15(16(19-5)14(12)3)11-17(4)8-6-7-9-18/h10,18H,6-9,11H2,1-5H3. The second kappa shape index (κ2) is 7.51. The zero-order chi connectivity index (χ0) is 14.4. The van der Waals surface area contributed by atoms with Crippen LogP contribution in [0.25, 0.3) is 0 Å². The van der Waals surface area contributed by atoms with Gasteiger partial charge in [-0.05, 0) is 63.9 Å². The largest absolute Gasteiger partial charge is 0.496 e. The van der Waals surface area contributed by atoms with Crippen LogP contribution >= 0.6 is 0 Å². The molecule has 0 aliphatic heterocycles. The smallest absolute Gasteiger partial charge is 0.126 e. The third-order valence-corrected chi connectivity index (χ3v) is 3.70. The molecule has 1 rings (SSSR count). The molecule has 0 bridgehead atoms. The number of unbranched alkanes of at least 4 members (excludes halogenated alkanes) is 1. The van der Waals surface area contributed by atoms with E-state index >= 15 is 0 Å².